The minimum absolute atomic E-state index is 0.248. The number of aromatic hydroxyl groups is 1. The Labute approximate surface area is 99.2 Å². The molecule has 4 heteroatoms. The van der Waals surface area contributed by atoms with Crippen LogP contribution >= 0.6 is 0 Å². The fourth-order valence-corrected chi connectivity index (χ4v) is 2.23. The maximum atomic E-state index is 9.85. The molecule has 2 aromatic rings. The van der Waals surface area contributed by atoms with Gasteiger partial charge in [-0.25, -0.2) is 4.98 Å². The smallest absolute Gasteiger partial charge is 0.131 e. The Bertz CT molecular complexity index is 531. The van der Waals surface area contributed by atoms with Crippen molar-refractivity contribution in [1.82, 2.24) is 9.55 Å². The molecule has 2 heterocycles. The van der Waals surface area contributed by atoms with E-state index in [1.807, 2.05) is 22.9 Å². The van der Waals surface area contributed by atoms with Gasteiger partial charge in [-0.1, -0.05) is 0 Å². The molecule has 88 valence electrons. The summed E-state index contributed by atoms with van der Waals surface area (Å²) < 4.78 is 1.84. The summed E-state index contributed by atoms with van der Waals surface area (Å²) in [5, 5.41) is 19.1. The van der Waals surface area contributed by atoms with Gasteiger partial charge in [0.1, 0.15) is 17.8 Å². The highest BCUT2D eigenvalue weighted by Gasteiger charge is 2.19. The molecule has 4 nitrogen and oxygen atoms in total. The van der Waals surface area contributed by atoms with Crippen LogP contribution in [0.5, 0.6) is 5.75 Å². The van der Waals surface area contributed by atoms with Crippen molar-refractivity contribution in [2.45, 2.75) is 25.5 Å². The zero-order valence-corrected chi connectivity index (χ0v) is 9.37. The minimum Gasteiger partial charge on any atom is -0.508 e. The fourth-order valence-electron chi connectivity index (χ4n) is 2.23. The third-order valence-corrected chi connectivity index (χ3v) is 3.16. The summed E-state index contributed by atoms with van der Waals surface area (Å²) in [6.07, 6.45) is 4.11. The number of aliphatic hydroxyl groups is 1. The molecule has 1 aromatic heterocycles. The number of rotatable bonds is 1. The van der Waals surface area contributed by atoms with Crippen molar-refractivity contribution in [2.75, 3.05) is 0 Å². The van der Waals surface area contributed by atoms with Crippen LogP contribution in [-0.2, 0) is 6.42 Å². The Morgan fingerprint density at radius 3 is 2.71 bits per heavy atom. The number of phenols is 1. The molecular formula is C13H14N2O2. The number of hydrogen-bond acceptors (Lipinski definition) is 3. The number of nitrogens with zero attached hydrogens (tertiary/aromatic N) is 2. The predicted molar refractivity (Wildman–Crippen MR) is 63.5 cm³/mol. The summed E-state index contributed by atoms with van der Waals surface area (Å²) in [4.78, 5) is 4.52. The van der Waals surface area contributed by atoms with Crippen LogP contribution in [0.1, 0.15) is 24.9 Å². The number of benzene rings is 1. The Kier molecular flexibility index (Phi) is 2.37. The maximum Gasteiger partial charge on any atom is 0.131 e. The number of aromatic nitrogens is 2. The van der Waals surface area contributed by atoms with Gasteiger partial charge >= 0.3 is 0 Å². The molecule has 0 spiro atoms. The Morgan fingerprint density at radius 1 is 1.24 bits per heavy atom. The summed E-state index contributed by atoms with van der Waals surface area (Å²) in [7, 11) is 0. The van der Waals surface area contributed by atoms with Gasteiger partial charge in [-0.3, -0.25) is 0 Å². The van der Waals surface area contributed by atoms with Gasteiger partial charge in [0, 0.05) is 18.2 Å². The molecule has 1 aliphatic rings. The number of aryl methyl sites for hydroxylation is 1. The third-order valence-electron chi connectivity index (χ3n) is 3.16. The van der Waals surface area contributed by atoms with Crippen LogP contribution < -0.4 is 0 Å². The largest absolute Gasteiger partial charge is 0.508 e. The van der Waals surface area contributed by atoms with E-state index in [1.165, 1.54) is 0 Å². The van der Waals surface area contributed by atoms with Gasteiger partial charge in [0.25, 0.3) is 0 Å². The molecule has 1 aliphatic heterocycles. The highest BCUT2D eigenvalue weighted by atomic mass is 16.3. The first-order valence-electron chi connectivity index (χ1n) is 5.79. The SMILES string of the molecule is Oc1ccc(-c2cn3c(n2)CCCC3O)cc1. The summed E-state index contributed by atoms with van der Waals surface area (Å²) in [6, 6.07) is 6.94. The lowest BCUT2D eigenvalue weighted by atomic mass is 10.1. The van der Waals surface area contributed by atoms with Crippen LogP contribution in [-0.4, -0.2) is 19.8 Å². The molecule has 1 unspecified atom stereocenters. The summed E-state index contributed by atoms with van der Waals surface area (Å²) >= 11 is 0. The molecule has 2 N–H and O–H groups in total. The third kappa shape index (κ3) is 1.80. The molecule has 1 atom stereocenters. The first-order valence-corrected chi connectivity index (χ1v) is 5.79. The van der Waals surface area contributed by atoms with Crippen molar-refractivity contribution in [3.63, 3.8) is 0 Å². The minimum atomic E-state index is -0.447. The van der Waals surface area contributed by atoms with Crippen molar-refractivity contribution in [3.8, 4) is 17.0 Å². The number of imidazole rings is 1. The average molecular weight is 230 g/mol. The van der Waals surface area contributed by atoms with E-state index in [0.29, 0.717) is 0 Å². The van der Waals surface area contributed by atoms with Crippen molar-refractivity contribution in [2.24, 2.45) is 0 Å². The van der Waals surface area contributed by atoms with Crippen molar-refractivity contribution in [1.29, 1.82) is 0 Å². The van der Waals surface area contributed by atoms with E-state index in [0.717, 1.165) is 36.3 Å². The second-order valence-corrected chi connectivity index (χ2v) is 4.37. The van der Waals surface area contributed by atoms with E-state index in [2.05, 4.69) is 4.98 Å². The Hall–Kier alpha value is -1.81. The zero-order valence-electron chi connectivity index (χ0n) is 9.37. The number of phenolic OH excluding ortho intramolecular Hbond substituents is 1. The first kappa shape index (κ1) is 10.4. The molecule has 0 bridgehead atoms. The monoisotopic (exact) mass is 230 g/mol. The van der Waals surface area contributed by atoms with E-state index in [4.69, 9.17) is 0 Å². The van der Waals surface area contributed by atoms with E-state index in [9.17, 15) is 10.2 Å². The van der Waals surface area contributed by atoms with Crippen LogP contribution in [0.25, 0.3) is 11.3 Å². The fraction of sp³-hybridized carbons (Fsp3) is 0.308. The van der Waals surface area contributed by atoms with Crippen LogP contribution in [0.2, 0.25) is 0 Å². The van der Waals surface area contributed by atoms with Gasteiger partial charge < -0.3 is 14.8 Å². The van der Waals surface area contributed by atoms with Gasteiger partial charge in [-0.15, -0.1) is 0 Å². The average Bonchev–Trinajstić information content (AvgIpc) is 2.75. The lowest BCUT2D eigenvalue weighted by molar-refractivity contribution is 0.0781. The number of aliphatic hydroxyl groups excluding tert-OH is 1. The van der Waals surface area contributed by atoms with Crippen LogP contribution in [0.3, 0.4) is 0 Å². The lowest BCUT2D eigenvalue weighted by Gasteiger charge is -2.19. The van der Waals surface area contributed by atoms with Crippen LogP contribution in [0.4, 0.5) is 0 Å². The van der Waals surface area contributed by atoms with Crippen LogP contribution in [0, 0.1) is 0 Å². The molecule has 0 saturated heterocycles. The Balaban J connectivity index is 2.02. The van der Waals surface area contributed by atoms with E-state index < -0.39 is 6.23 Å². The highest BCUT2D eigenvalue weighted by molar-refractivity contribution is 5.59. The molecule has 0 aliphatic carbocycles. The van der Waals surface area contributed by atoms with Gasteiger partial charge in [0.2, 0.25) is 0 Å². The Morgan fingerprint density at radius 2 is 2.00 bits per heavy atom. The van der Waals surface area contributed by atoms with Gasteiger partial charge in [-0.05, 0) is 37.1 Å². The van der Waals surface area contributed by atoms with E-state index >= 15 is 0 Å². The summed E-state index contributed by atoms with van der Waals surface area (Å²) in [6.45, 7) is 0. The van der Waals surface area contributed by atoms with Crippen LogP contribution in [0.15, 0.2) is 30.5 Å². The molecule has 0 saturated carbocycles. The molecule has 3 rings (SSSR count). The quantitative estimate of drug-likeness (QED) is 0.788. The summed E-state index contributed by atoms with van der Waals surface area (Å²) in [5.41, 5.74) is 1.80. The normalized spacial score (nSPS) is 19.0. The van der Waals surface area contributed by atoms with Crippen molar-refractivity contribution in [3.05, 3.63) is 36.3 Å². The topological polar surface area (TPSA) is 58.3 Å². The number of hydrogen-bond donors (Lipinski definition) is 2. The van der Waals surface area contributed by atoms with E-state index in [1.54, 1.807) is 12.1 Å². The second kappa shape index (κ2) is 3.89. The molecule has 0 radical (unpaired) electrons. The predicted octanol–water partition coefficient (Wildman–Crippen LogP) is 2.08. The van der Waals surface area contributed by atoms with Crippen molar-refractivity contribution >= 4 is 0 Å². The lowest BCUT2D eigenvalue weighted by Crippen LogP contribution is -2.16. The van der Waals surface area contributed by atoms with E-state index in [-0.39, 0.29) is 5.75 Å². The van der Waals surface area contributed by atoms with Crippen molar-refractivity contribution < 1.29 is 10.2 Å². The van der Waals surface area contributed by atoms with Gasteiger partial charge in [0.05, 0.1) is 5.69 Å². The first-order chi connectivity index (χ1) is 8.24. The molecule has 1 aromatic carbocycles. The standard InChI is InChI=1S/C13H14N2O2/c16-10-6-4-9(5-7-10)11-8-15-12(14-11)2-1-3-13(15)17/h4-8,13,16-17H,1-3H2. The molecule has 17 heavy (non-hydrogen) atoms. The molecule has 0 fully saturated rings. The zero-order chi connectivity index (χ0) is 11.8. The maximum absolute atomic E-state index is 9.85. The number of fused-ring (bicyclic) bond motifs is 1. The molecular weight excluding hydrogens is 216 g/mol. The summed E-state index contributed by atoms with van der Waals surface area (Å²) in [5.74, 6) is 1.18. The van der Waals surface area contributed by atoms with Gasteiger partial charge in [0.15, 0.2) is 0 Å². The molecule has 0 amide bonds. The second-order valence-electron chi connectivity index (χ2n) is 4.37. The highest BCUT2D eigenvalue weighted by Crippen LogP contribution is 2.27. The van der Waals surface area contributed by atoms with Gasteiger partial charge in [-0.2, -0.15) is 0 Å².